The summed E-state index contributed by atoms with van der Waals surface area (Å²) in [6.45, 7) is 3.79. The summed E-state index contributed by atoms with van der Waals surface area (Å²) in [4.78, 5) is 0. The van der Waals surface area contributed by atoms with Crippen molar-refractivity contribution in [2.75, 3.05) is 10.7 Å². The van der Waals surface area contributed by atoms with Gasteiger partial charge in [-0.3, -0.25) is 0 Å². The summed E-state index contributed by atoms with van der Waals surface area (Å²) in [5.41, 5.74) is 1.25. The average molecular weight is 228 g/mol. The zero-order valence-electron chi connectivity index (χ0n) is 4.08. The Kier molecular flexibility index (Phi) is 5.33. The van der Waals surface area contributed by atoms with E-state index < -0.39 is 0 Å². The molecule has 0 saturated heterocycles. The van der Waals surface area contributed by atoms with Crippen molar-refractivity contribution in [3.8, 4) is 0 Å². The number of alkyl halides is 2. The van der Waals surface area contributed by atoms with Crippen LogP contribution in [-0.2, 0) is 0 Å². The van der Waals surface area contributed by atoms with E-state index in [1.807, 2.05) is 0 Å². The fourth-order valence-electron chi connectivity index (χ4n) is 0.200. The van der Waals surface area contributed by atoms with Gasteiger partial charge in [-0.05, 0) is 6.42 Å². The van der Waals surface area contributed by atoms with Gasteiger partial charge in [0.05, 0.1) is 0 Å². The summed E-state index contributed by atoms with van der Waals surface area (Å²) in [6, 6.07) is 0. The molecule has 0 amide bonds. The molecule has 0 aromatic heterocycles. The molecule has 0 aromatic rings. The van der Waals surface area contributed by atoms with Crippen LogP contribution in [0.5, 0.6) is 0 Å². The van der Waals surface area contributed by atoms with Crippen molar-refractivity contribution in [2.24, 2.45) is 0 Å². The lowest BCUT2D eigenvalue weighted by Crippen LogP contribution is -1.80. The second-order valence-electron chi connectivity index (χ2n) is 1.32. The summed E-state index contributed by atoms with van der Waals surface area (Å²) in [5.74, 6) is 0. The Morgan fingerprint density at radius 3 is 2.14 bits per heavy atom. The zero-order valence-corrected chi connectivity index (χ0v) is 7.26. The molecule has 0 N–H and O–H groups in total. The molecule has 0 nitrogen and oxygen atoms in total. The monoisotopic (exact) mass is 226 g/mol. The maximum atomic E-state index is 3.79. The predicted molar refractivity (Wildman–Crippen MR) is 41.3 cm³/mol. The van der Waals surface area contributed by atoms with Gasteiger partial charge in [-0.1, -0.05) is 44.0 Å². The van der Waals surface area contributed by atoms with Crippen LogP contribution in [0.25, 0.3) is 0 Å². The standard InChI is InChI=1S/C5H8Br2/c1-5(4-7)2-3-6/h1-4H2. The highest BCUT2D eigenvalue weighted by molar-refractivity contribution is 9.09. The molecular formula is C5H8Br2. The summed E-state index contributed by atoms with van der Waals surface area (Å²) in [5, 5.41) is 1.95. The van der Waals surface area contributed by atoms with E-state index in [9.17, 15) is 0 Å². The number of allylic oxidation sites excluding steroid dienone is 1. The van der Waals surface area contributed by atoms with Gasteiger partial charge >= 0.3 is 0 Å². The maximum absolute atomic E-state index is 3.79. The van der Waals surface area contributed by atoms with Crippen LogP contribution in [0.1, 0.15) is 6.42 Å². The first-order chi connectivity index (χ1) is 3.31. The van der Waals surface area contributed by atoms with E-state index in [1.165, 1.54) is 5.57 Å². The summed E-state index contributed by atoms with van der Waals surface area (Å²) in [7, 11) is 0. The van der Waals surface area contributed by atoms with Crippen molar-refractivity contribution in [1.82, 2.24) is 0 Å². The molecule has 2 heteroatoms. The lowest BCUT2D eigenvalue weighted by molar-refractivity contribution is 1.15. The van der Waals surface area contributed by atoms with Crippen molar-refractivity contribution in [2.45, 2.75) is 6.42 Å². The molecule has 0 aliphatic heterocycles. The van der Waals surface area contributed by atoms with Crippen LogP contribution in [0.4, 0.5) is 0 Å². The molecule has 0 aliphatic carbocycles. The van der Waals surface area contributed by atoms with Gasteiger partial charge in [0.25, 0.3) is 0 Å². The Balaban J connectivity index is 3.00. The minimum absolute atomic E-state index is 0.929. The van der Waals surface area contributed by atoms with Crippen LogP contribution < -0.4 is 0 Å². The topological polar surface area (TPSA) is 0 Å². The van der Waals surface area contributed by atoms with Crippen LogP contribution >= 0.6 is 31.9 Å². The largest absolute Gasteiger partial charge is 0.0990 e. The fourth-order valence-corrected chi connectivity index (χ4v) is 1.04. The first-order valence-corrected chi connectivity index (χ1v) is 4.34. The molecule has 0 radical (unpaired) electrons. The van der Waals surface area contributed by atoms with Crippen molar-refractivity contribution >= 4 is 31.9 Å². The van der Waals surface area contributed by atoms with Crippen LogP contribution in [0, 0.1) is 0 Å². The zero-order chi connectivity index (χ0) is 5.70. The predicted octanol–water partition coefficient (Wildman–Crippen LogP) is 2.72. The first kappa shape index (κ1) is 7.70. The second-order valence-corrected chi connectivity index (χ2v) is 2.68. The first-order valence-electron chi connectivity index (χ1n) is 2.10. The van der Waals surface area contributed by atoms with E-state index in [0.29, 0.717) is 0 Å². The average Bonchev–Trinajstić information content (AvgIpc) is 1.68. The summed E-state index contributed by atoms with van der Waals surface area (Å²) >= 11 is 6.60. The lowest BCUT2D eigenvalue weighted by atomic mass is 10.3. The molecule has 42 valence electrons. The van der Waals surface area contributed by atoms with E-state index in [0.717, 1.165) is 17.1 Å². The normalized spacial score (nSPS) is 8.86. The van der Waals surface area contributed by atoms with E-state index in [1.54, 1.807) is 0 Å². The number of rotatable bonds is 3. The third-order valence-corrected chi connectivity index (χ3v) is 1.83. The minimum Gasteiger partial charge on any atom is -0.0990 e. The molecule has 7 heavy (non-hydrogen) atoms. The molecular weight excluding hydrogens is 220 g/mol. The third kappa shape index (κ3) is 4.56. The SMILES string of the molecule is C=C(CBr)CCBr. The second kappa shape index (κ2) is 4.85. The summed E-state index contributed by atoms with van der Waals surface area (Å²) < 4.78 is 0. The van der Waals surface area contributed by atoms with Crippen molar-refractivity contribution < 1.29 is 0 Å². The molecule has 0 saturated carbocycles. The Morgan fingerprint density at radius 1 is 1.43 bits per heavy atom. The number of hydrogen-bond donors (Lipinski definition) is 0. The molecule has 0 heterocycles. The maximum Gasteiger partial charge on any atom is 0.0239 e. The van der Waals surface area contributed by atoms with Crippen LogP contribution in [0.2, 0.25) is 0 Å². The van der Waals surface area contributed by atoms with Crippen LogP contribution in [-0.4, -0.2) is 10.7 Å². The Morgan fingerprint density at radius 2 is 2.00 bits per heavy atom. The van der Waals surface area contributed by atoms with Crippen molar-refractivity contribution in [3.05, 3.63) is 12.2 Å². The molecule has 0 rings (SSSR count). The van der Waals surface area contributed by atoms with Crippen molar-refractivity contribution in [3.63, 3.8) is 0 Å². The number of halogens is 2. The van der Waals surface area contributed by atoms with Gasteiger partial charge in [0.2, 0.25) is 0 Å². The quantitative estimate of drug-likeness (QED) is 0.514. The molecule has 0 aliphatic rings. The van der Waals surface area contributed by atoms with Crippen LogP contribution in [0.15, 0.2) is 12.2 Å². The fraction of sp³-hybridized carbons (Fsp3) is 0.600. The molecule has 0 fully saturated rings. The lowest BCUT2D eigenvalue weighted by Gasteiger charge is -1.92. The third-order valence-electron chi connectivity index (χ3n) is 0.637. The van der Waals surface area contributed by atoms with Gasteiger partial charge in [0, 0.05) is 10.7 Å². The van der Waals surface area contributed by atoms with Gasteiger partial charge in [-0.2, -0.15) is 0 Å². The Labute approximate surface area is 61.2 Å². The minimum atomic E-state index is 0.929. The highest BCUT2D eigenvalue weighted by atomic mass is 79.9. The van der Waals surface area contributed by atoms with Gasteiger partial charge in [-0.25, -0.2) is 0 Å². The van der Waals surface area contributed by atoms with Crippen molar-refractivity contribution in [1.29, 1.82) is 0 Å². The molecule has 0 aromatic carbocycles. The molecule has 0 bridgehead atoms. The van der Waals surface area contributed by atoms with Crippen LogP contribution in [0.3, 0.4) is 0 Å². The van der Waals surface area contributed by atoms with E-state index in [2.05, 4.69) is 38.4 Å². The van der Waals surface area contributed by atoms with Gasteiger partial charge in [-0.15, -0.1) is 0 Å². The smallest absolute Gasteiger partial charge is 0.0239 e. The van der Waals surface area contributed by atoms with E-state index >= 15 is 0 Å². The summed E-state index contributed by atoms with van der Waals surface area (Å²) in [6.07, 6.45) is 1.07. The number of hydrogen-bond acceptors (Lipinski definition) is 0. The molecule has 0 atom stereocenters. The van der Waals surface area contributed by atoms with Gasteiger partial charge in [0.1, 0.15) is 0 Å². The Bertz CT molecular complexity index is 59.1. The van der Waals surface area contributed by atoms with E-state index in [4.69, 9.17) is 0 Å². The highest BCUT2D eigenvalue weighted by Gasteiger charge is 1.85. The van der Waals surface area contributed by atoms with E-state index in [-0.39, 0.29) is 0 Å². The molecule has 0 unspecified atom stereocenters. The van der Waals surface area contributed by atoms with Gasteiger partial charge < -0.3 is 0 Å². The van der Waals surface area contributed by atoms with Gasteiger partial charge in [0.15, 0.2) is 0 Å². The molecule has 0 spiro atoms. The highest BCUT2D eigenvalue weighted by Crippen LogP contribution is 2.02. The Hall–Kier alpha value is 0.700.